The summed E-state index contributed by atoms with van der Waals surface area (Å²) in [4.78, 5) is 2.49. The van der Waals surface area contributed by atoms with Crippen molar-refractivity contribution in [3.8, 4) is 0 Å². The molecule has 0 fully saturated rings. The van der Waals surface area contributed by atoms with Gasteiger partial charge in [-0.05, 0) is 48.4 Å². The van der Waals surface area contributed by atoms with E-state index in [4.69, 9.17) is 0 Å². The highest BCUT2D eigenvalue weighted by atomic mass is 79.9. The lowest BCUT2D eigenvalue weighted by atomic mass is 9.98. The highest BCUT2D eigenvalue weighted by Gasteiger charge is 2.18. The van der Waals surface area contributed by atoms with Crippen molar-refractivity contribution in [2.75, 3.05) is 18.5 Å². The average Bonchev–Trinajstić information content (AvgIpc) is 2.47. The highest BCUT2D eigenvalue weighted by molar-refractivity contribution is 9.10. The van der Waals surface area contributed by atoms with Crippen LogP contribution in [-0.4, -0.2) is 13.6 Å². The van der Waals surface area contributed by atoms with Crippen molar-refractivity contribution in [1.29, 1.82) is 0 Å². The molecule has 3 heteroatoms. The number of benzene rings is 2. The fourth-order valence-corrected chi connectivity index (χ4v) is 3.30. The first-order chi connectivity index (χ1) is 9.78. The van der Waals surface area contributed by atoms with E-state index < -0.39 is 0 Å². The number of fused-ring (bicyclic) bond motifs is 1. The van der Waals surface area contributed by atoms with Crippen molar-refractivity contribution in [2.45, 2.75) is 19.5 Å². The van der Waals surface area contributed by atoms with Gasteiger partial charge in [-0.3, -0.25) is 0 Å². The molecule has 1 N–H and O–H groups in total. The molecule has 0 unspecified atom stereocenters. The van der Waals surface area contributed by atoms with E-state index in [1.807, 2.05) is 7.05 Å². The Bertz CT molecular complexity index is 610. The predicted molar refractivity (Wildman–Crippen MR) is 88.1 cm³/mol. The van der Waals surface area contributed by atoms with E-state index in [1.54, 1.807) is 0 Å². The molecular formula is C17H19BrN2. The topological polar surface area (TPSA) is 15.3 Å². The van der Waals surface area contributed by atoms with Gasteiger partial charge in [0.15, 0.2) is 0 Å². The number of halogens is 1. The molecule has 0 saturated heterocycles. The highest BCUT2D eigenvalue weighted by Crippen LogP contribution is 2.29. The van der Waals surface area contributed by atoms with Gasteiger partial charge < -0.3 is 10.2 Å². The zero-order chi connectivity index (χ0) is 13.9. The molecule has 0 amide bonds. The Labute approximate surface area is 128 Å². The maximum Gasteiger partial charge on any atom is 0.0432 e. The monoisotopic (exact) mass is 330 g/mol. The molecule has 104 valence electrons. The lowest BCUT2D eigenvalue weighted by molar-refractivity contribution is 0.719. The van der Waals surface area contributed by atoms with Gasteiger partial charge in [-0.25, -0.2) is 0 Å². The van der Waals surface area contributed by atoms with Crippen molar-refractivity contribution in [3.63, 3.8) is 0 Å². The molecular weight excluding hydrogens is 312 g/mol. The zero-order valence-electron chi connectivity index (χ0n) is 11.7. The van der Waals surface area contributed by atoms with Crippen LogP contribution in [-0.2, 0) is 19.5 Å². The summed E-state index contributed by atoms with van der Waals surface area (Å²) in [7, 11) is 2.00. The van der Waals surface area contributed by atoms with Crippen LogP contribution in [0.3, 0.4) is 0 Å². The summed E-state index contributed by atoms with van der Waals surface area (Å²) in [5, 5.41) is 3.26. The van der Waals surface area contributed by atoms with E-state index in [0.717, 1.165) is 30.5 Å². The van der Waals surface area contributed by atoms with Crippen LogP contribution in [0.25, 0.3) is 0 Å². The molecule has 0 atom stereocenters. The second-order valence-corrected chi connectivity index (χ2v) is 6.16. The fraction of sp³-hybridized carbons (Fsp3) is 0.294. The summed E-state index contributed by atoms with van der Waals surface area (Å²) in [6.07, 6.45) is 1.13. The summed E-state index contributed by atoms with van der Waals surface area (Å²) in [5.41, 5.74) is 5.64. The lowest BCUT2D eigenvalue weighted by Gasteiger charge is -2.32. The molecule has 1 aliphatic heterocycles. The summed E-state index contributed by atoms with van der Waals surface area (Å²) >= 11 is 3.57. The summed E-state index contributed by atoms with van der Waals surface area (Å²) in [5.74, 6) is 0. The Morgan fingerprint density at radius 3 is 2.75 bits per heavy atom. The number of nitrogens with zero attached hydrogens (tertiary/aromatic N) is 1. The summed E-state index contributed by atoms with van der Waals surface area (Å²) in [6.45, 7) is 3.00. The molecule has 0 spiro atoms. The SMILES string of the molecule is CNCc1cc(Br)ccc1N1CCc2ccccc2C1. The van der Waals surface area contributed by atoms with Crippen molar-refractivity contribution in [3.05, 3.63) is 63.6 Å². The van der Waals surface area contributed by atoms with Crippen LogP contribution in [0.1, 0.15) is 16.7 Å². The third-order valence-corrected chi connectivity index (χ3v) is 4.37. The van der Waals surface area contributed by atoms with E-state index in [-0.39, 0.29) is 0 Å². The van der Waals surface area contributed by atoms with Crippen molar-refractivity contribution < 1.29 is 0 Å². The maximum absolute atomic E-state index is 3.57. The van der Waals surface area contributed by atoms with Gasteiger partial charge >= 0.3 is 0 Å². The number of hydrogen-bond donors (Lipinski definition) is 1. The molecule has 1 aliphatic rings. The van der Waals surface area contributed by atoms with Gasteiger partial charge in [0.1, 0.15) is 0 Å². The summed E-state index contributed by atoms with van der Waals surface area (Å²) < 4.78 is 1.14. The van der Waals surface area contributed by atoms with E-state index in [2.05, 4.69) is 68.6 Å². The van der Waals surface area contributed by atoms with E-state index in [9.17, 15) is 0 Å². The first kappa shape index (κ1) is 13.7. The molecule has 0 aliphatic carbocycles. The van der Waals surface area contributed by atoms with Crippen LogP contribution in [0, 0.1) is 0 Å². The second kappa shape index (κ2) is 5.98. The van der Waals surface area contributed by atoms with Crippen LogP contribution in [0.5, 0.6) is 0 Å². The second-order valence-electron chi connectivity index (χ2n) is 5.24. The Balaban J connectivity index is 1.91. The van der Waals surface area contributed by atoms with Crippen LogP contribution in [0.2, 0.25) is 0 Å². The van der Waals surface area contributed by atoms with E-state index in [1.165, 1.54) is 22.4 Å². The maximum atomic E-state index is 3.57. The Kier molecular flexibility index (Phi) is 4.08. The first-order valence-corrected chi connectivity index (χ1v) is 7.82. The van der Waals surface area contributed by atoms with Crippen molar-refractivity contribution in [2.24, 2.45) is 0 Å². The molecule has 3 rings (SSSR count). The molecule has 0 saturated carbocycles. The smallest absolute Gasteiger partial charge is 0.0432 e. The molecule has 2 aromatic rings. The van der Waals surface area contributed by atoms with Crippen LogP contribution >= 0.6 is 15.9 Å². The standard InChI is InChI=1S/C17H19BrN2/c1-19-11-15-10-16(18)6-7-17(15)20-9-8-13-4-2-3-5-14(13)12-20/h2-7,10,19H,8-9,11-12H2,1H3. The number of rotatable bonds is 3. The summed E-state index contributed by atoms with van der Waals surface area (Å²) in [6, 6.07) is 15.4. The average molecular weight is 331 g/mol. The fourth-order valence-electron chi connectivity index (χ4n) is 2.90. The van der Waals surface area contributed by atoms with Gasteiger partial charge in [0, 0.05) is 29.8 Å². The third-order valence-electron chi connectivity index (χ3n) is 3.88. The quantitative estimate of drug-likeness (QED) is 0.922. The van der Waals surface area contributed by atoms with Crippen molar-refractivity contribution >= 4 is 21.6 Å². The largest absolute Gasteiger partial charge is 0.367 e. The van der Waals surface area contributed by atoms with Crippen LogP contribution in [0.15, 0.2) is 46.9 Å². The van der Waals surface area contributed by atoms with Crippen LogP contribution in [0.4, 0.5) is 5.69 Å². The molecule has 20 heavy (non-hydrogen) atoms. The molecule has 0 bridgehead atoms. The van der Waals surface area contributed by atoms with E-state index >= 15 is 0 Å². The minimum atomic E-state index is 0.896. The predicted octanol–water partition coefficient (Wildman–Crippen LogP) is 3.73. The van der Waals surface area contributed by atoms with Crippen LogP contribution < -0.4 is 10.2 Å². The molecule has 0 aromatic heterocycles. The number of nitrogens with one attached hydrogen (secondary N) is 1. The molecule has 2 nitrogen and oxygen atoms in total. The Morgan fingerprint density at radius 2 is 1.95 bits per heavy atom. The lowest BCUT2D eigenvalue weighted by Crippen LogP contribution is -2.31. The first-order valence-electron chi connectivity index (χ1n) is 7.02. The van der Waals surface area contributed by atoms with Gasteiger partial charge in [-0.1, -0.05) is 40.2 Å². The van der Waals surface area contributed by atoms with E-state index in [0.29, 0.717) is 0 Å². The van der Waals surface area contributed by atoms with Gasteiger partial charge in [-0.2, -0.15) is 0 Å². The third kappa shape index (κ3) is 2.74. The number of anilines is 1. The Morgan fingerprint density at radius 1 is 1.15 bits per heavy atom. The van der Waals surface area contributed by atoms with Gasteiger partial charge in [0.05, 0.1) is 0 Å². The minimum absolute atomic E-state index is 0.896. The molecule has 0 radical (unpaired) electrons. The van der Waals surface area contributed by atoms with Gasteiger partial charge in [0.25, 0.3) is 0 Å². The number of hydrogen-bond acceptors (Lipinski definition) is 2. The Hall–Kier alpha value is -1.32. The molecule has 1 heterocycles. The normalized spacial score (nSPS) is 14.2. The van der Waals surface area contributed by atoms with Gasteiger partial charge in [0.2, 0.25) is 0 Å². The molecule has 2 aromatic carbocycles. The van der Waals surface area contributed by atoms with Crippen molar-refractivity contribution in [1.82, 2.24) is 5.32 Å². The zero-order valence-corrected chi connectivity index (χ0v) is 13.3. The van der Waals surface area contributed by atoms with Gasteiger partial charge in [-0.15, -0.1) is 0 Å². The minimum Gasteiger partial charge on any atom is -0.367 e.